The van der Waals surface area contributed by atoms with Crippen LogP contribution in [0, 0.1) is 0 Å². The molecule has 0 bridgehead atoms. The van der Waals surface area contributed by atoms with Crippen molar-refractivity contribution >= 4 is 54.5 Å². The highest BCUT2D eigenvalue weighted by atomic mass is 16.3. The Kier molecular flexibility index (Phi) is 5.91. The Morgan fingerprint density at radius 1 is 0.250 bits per heavy atom. The number of para-hydroxylation sites is 1. The number of hydrogen-bond acceptors (Lipinski definition) is 2. The van der Waals surface area contributed by atoms with E-state index in [9.17, 15) is 0 Å². The van der Waals surface area contributed by atoms with Crippen LogP contribution in [-0.2, 0) is 0 Å². The zero-order valence-electron chi connectivity index (χ0n) is 26.0. The number of hydrogen-bond donors (Lipinski definition) is 0. The molecule has 0 saturated heterocycles. The molecule has 8 aromatic carbocycles. The molecule has 0 saturated carbocycles. The lowest BCUT2D eigenvalue weighted by Gasteiger charge is -2.17. The van der Waals surface area contributed by atoms with E-state index in [1.165, 1.54) is 43.8 Å². The zero-order valence-corrected chi connectivity index (χ0v) is 26.0. The third kappa shape index (κ3) is 4.06. The smallest absolute Gasteiger partial charge is 0.143 e. The molecule has 2 nitrogen and oxygen atoms in total. The lowest BCUT2D eigenvalue weighted by molar-refractivity contribution is 0.629. The van der Waals surface area contributed by atoms with E-state index < -0.39 is 0 Å². The SMILES string of the molecule is c1ccc(-c2c(-c3ccc(-c4c5ccccc5c(-c5ccccc5)c5ccccc45)cc3)oc3cc4oc5ccccc5c4cc23)cc1. The minimum atomic E-state index is 0.813. The minimum absolute atomic E-state index is 0.813. The average molecular weight is 613 g/mol. The van der Waals surface area contributed by atoms with Crippen molar-refractivity contribution in [3.05, 3.63) is 170 Å². The van der Waals surface area contributed by atoms with E-state index in [0.717, 1.165) is 55.4 Å². The molecule has 0 radical (unpaired) electrons. The molecule has 2 heteroatoms. The Morgan fingerprint density at radius 2 is 0.688 bits per heavy atom. The van der Waals surface area contributed by atoms with Crippen LogP contribution in [0.2, 0.25) is 0 Å². The van der Waals surface area contributed by atoms with Crippen LogP contribution in [0.1, 0.15) is 0 Å². The quantitative estimate of drug-likeness (QED) is 0.185. The highest BCUT2D eigenvalue weighted by Crippen LogP contribution is 2.46. The van der Waals surface area contributed by atoms with E-state index in [1.807, 2.05) is 18.2 Å². The van der Waals surface area contributed by atoms with E-state index in [-0.39, 0.29) is 0 Å². The van der Waals surface area contributed by atoms with Crippen LogP contribution in [0.15, 0.2) is 179 Å². The molecule has 0 fully saturated rings. The van der Waals surface area contributed by atoms with Gasteiger partial charge in [-0.3, -0.25) is 0 Å². The van der Waals surface area contributed by atoms with Crippen LogP contribution in [0.5, 0.6) is 0 Å². The van der Waals surface area contributed by atoms with Crippen molar-refractivity contribution in [2.24, 2.45) is 0 Å². The molecule has 0 N–H and O–H groups in total. The summed E-state index contributed by atoms with van der Waals surface area (Å²) in [6.07, 6.45) is 0. The molecule has 0 spiro atoms. The summed E-state index contributed by atoms with van der Waals surface area (Å²) in [5.74, 6) is 0.855. The highest BCUT2D eigenvalue weighted by Gasteiger charge is 2.21. The monoisotopic (exact) mass is 612 g/mol. The van der Waals surface area contributed by atoms with Gasteiger partial charge >= 0.3 is 0 Å². The minimum Gasteiger partial charge on any atom is -0.456 e. The van der Waals surface area contributed by atoms with Crippen molar-refractivity contribution in [3.8, 4) is 44.7 Å². The molecule has 0 unspecified atom stereocenters. The van der Waals surface area contributed by atoms with Crippen LogP contribution in [0.4, 0.5) is 0 Å². The van der Waals surface area contributed by atoms with Gasteiger partial charge in [0.25, 0.3) is 0 Å². The van der Waals surface area contributed by atoms with Gasteiger partial charge in [0.1, 0.15) is 22.5 Å². The Bertz CT molecular complexity index is 2750. The molecule has 48 heavy (non-hydrogen) atoms. The molecule has 10 rings (SSSR count). The second-order valence-electron chi connectivity index (χ2n) is 12.4. The average Bonchev–Trinajstić information content (AvgIpc) is 3.71. The van der Waals surface area contributed by atoms with E-state index in [0.29, 0.717) is 0 Å². The largest absolute Gasteiger partial charge is 0.456 e. The number of benzene rings is 8. The molecule has 0 aliphatic rings. The van der Waals surface area contributed by atoms with Crippen LogP contribution < -0.4 is 0 Å². The Balaban J connectivity index is 1.18. The molecule has 0 amide bonds. The summed E-state index contributed by atoms with van der Waals surface area (Å²) in [5, 5.41) is 8.27. The molecule has 224 valence electrons. The number of rotatable bonds is 4. The van der Waals surface area contributed by atoms with E-state index in [1.54, 1.807) is 0 Å². The fourth-order valence-corrected chi connectivity index (χ4v) is 7.55. The highest BCUT2D eigenvalue weighted by molar-refractivity contribution is 6.21. The van der Waals surface area contributed by atoms with Gasteiger partial charge < -0.3 is 8.83 Å². The topological polar surface area (TPSA) is 26.3 Å². The molecular formula is C46H28O2. The summed E-state index contributed by atoms with van der Waals surface area (Å²) in [6.45, 7) is 0. The Hall–Kier alpha value is -6.38. The van der Waals surface area contributed by atoms with Gasteiger partial charge in [0.2, 0.25) is 0 Å². The summed E-state index contributed by atoms with van der Waals surface area (Å²) in [7, 11) is 0. The van der Waals surface area contributed by atoms with Crippen molar-refractivity contribution in [3.63, 3.8) is 0 Å². The summed E-state index contributed by atoms with van der Waals surface area (Å²) < 4.78 is 13.0. The van der Waals surface area contributed by atoms with Crippen LogP contribution in [-0.4, -0.2) is 0 Å². The second kappa shape index (κ2) is 10.6. The van der Waals surface area contributed by atoms with Gasteiger partial charge in [-0.05, 0) is 61.5 Å². The normalized spacial score (nSPS) is 11.8. The van der Waals surface area contributed by atoms with Gasteiger partial charge in [0.15, 0.2) is 0 Å². The molecular weight excluding hydrogens is 585 g/mol. The lowest BCUT2D eigenvalue weighted by Crippen LogP contribution is -1.90. The molecule has 0 aliphatic heterocycles. The van der Waals surface area contributed by atoms with Crippen molar-refractivity contribution in [2.45, 2.75) is 0 Å². The van der Waals surface area contributed by atoms with E-state index >= 15 is 0 Å². The van der Waals surface area contributed by atoms with Crippen molar-refractivity contribution < 1.29 is 8.83 Å². The van der Waals surface area contributed by atoms with Gasteiger partial charge in [-0.15, -0.1) is 0 Å². The predicted molar refractivity (Wildman–Crippen MR) is 200 cm³/mol. The second-order valence-corrected chi connectivity index (χ2v) is 12.4. The van der Waals surface area contributed by atoms with E-state index in [4.69, 9.17) is 8.83 Å². The summed E-state index contributed by atoms with van der Waals surface area (Å²) in [6, 6.07) is 60.2. The van der Waals surface area contributed by atoms with Crippen molar-refractivity contribution in [1.82, 2.24) is 0 Å². The van der Waals surface area contributed by atoms with Gasteiger partial charge in [-0.2, -0.15) is 0 Å². The maximum absolute atomic E-state index is 6.73. The molecule has 2 aromatic heterocycles. The van der Waals surface area contributed by atoms with Crippen LogP contribution >= 0.6 is 0 Å². The first-order valence-electron chi connectivity index (χ1n) is 16.3. The first kappa shape index (κ1) is 26.8. The first-order valence-corrected chi connectivity index (χ1v) is 16.3. The van der Waals surface area contributed by atoms with Gasteiger partial charge in [0.05, 0.1) is 0 Å². The van der Waals surface area contributed by atoms with Gasteiger partial charge in [-0.1, -0.05) is 152 Å². The standard InChI is InChI=1S/C46H28O2/c1-3-13-29(14-4-1)43-34-18-7-9-20-36(34)44(37-21-10-8-19-35(37)43)31-23-25-32(26-24-31)46-45(30-15-5-2-6-16-30)39-27-38-33-17-11-12-22-40(33)47-41(38)28-42(39)48-46/h1-28H. The third-order valence-corrected chi connectivity index (χ3v) is 9.68. The summed E-state index contributed by atoms with van der Waals surface area (Å²) in [5.41, 5.74) is 10.7. The molecule has 0 aliphatic carbocycles. The van der Waals surface area contributed by atoms with E-state index in [2.05, 4.69) is 152 Å². The predicted octanol–water partition coefficient (Wildman–Crippen LogP) is 13.3. The molecule has 10 aromatic rings. The third-order valence-electron chi connectivity index (χ3n) is 9.68. The fraction of sp³-hybridized carbons (Fsp3) is 0. The molecule has 2 heterocycles. The lowest BCUT2D eigenvalue weighted by atomic mass is 9.86. The summed E-state index contributed by atoms with van der Waals surface area (Å²) >= 11 is 0. The Morgan fingerprint density at radius 3 is 1.27 bits per heavy atom. The maximum Gasteiger partial charge on any atom is 0.143 e. The first-order chi connectivity index (χ1) is 23.8. The zero-order chi connectivity index (χ0) is 31.6. The molecule has 0 atom stereocenters. The van der Waals surface area contributed by atoms with Crippen molar-refractivity contribution in [2.75, 3.05) is 0 Å². The van der Waals surface area contributed by atoms with Crippen LogP contribution in [0.3, 0.4) is 0 Å². The van der Waals surface area contributed by atoms with Gasteiger partial charge in [-0.25, -0.2) is 0 Å². The number of furan rings is 2. The summed E-state index contributed by atoms with van der Waals surface area (Å²) in [4.78, 5) is 0. The van der Waals surface area contributed by atoms with Crippen molar-refractivity contribution in [1.29, 1.82) is 0 Å². The van der Waals surface area contributed by atoms with Crippen LogP contribution in [0.25, 0.3) is 99.2 Å². The Labute approximate surface area is 277 Å². The maximum atomic E-state index is 6.73. The van der Waals surface area contributed by atoms with Gasteiger partial charge in [0, 0.05) is 33.4 Å². The number of fused-ring (bicyclic) bond motifs is 6. The fourth-order valence-electron chi connectivity index (χ4n) is 7.55.